The molecule has 0 aliphatic rings. The van der Waals surface area contributed by atoms with Crippen LogP contribution in [0.2, 0.25) is 0 Å². The number of hydrogen-bond acceptors (Lipinski definition) is 6. The van der Waals surface area contributed by atoms with Gasteiger partial charge in [-0.1, -0.05) is 67.6 Å². The standard InChI is InChI=1S/C31H36FN3O5S2/c1-3-9-31(38)35(17-16-30(37)33-20-26(41)18-23-10-5-4-6-11-23)21-25-15-14-24(19-28(25)32)27-12-7-8-13-29(27)42(39,40)34-22(2)36/h4-8,10-15,19,26,41H,3,9,16-18,20-21H2,1-2H3,(H,33,37)(H,34,36)/t26-/m1/s1. The third-order valence-electron chi connectivity index (χ3n) is 6.45. The van der Waals surface area contributed by atoms with E-state index in [4.69, 9.17) is 0 Å². The van der Waals surface area contributed by atoms with Crippen LogP contribution >= 0.6 is 12.6 Å². The van der Waals surface area contributed by atoms with E-state index < -0.39 is 21.7 Å². The lowest BCUT2D eigenvalue weighted by molar-refractivity contribution is -0.132. The molecule has 3 rings (SSSR count). The molecule has 0 radical (unpaired) electrons. The minimum atomic E-state index is -4.16. The SMILES string of the molecule is CCCC(=O)N(CCC(=O)NC[C@H](S)Cc1ccccc1)Cc1ccc(-c2ccccc2S(=O)(=O)NC(C)=O)cc1F. The zero-order valence-electron chi connectivity index (χ0n) is 23.7. The first-order valence-corrected chi connectivity index (χ1v) is 15.7. The molecule has 3 aromatic carbocycles. The first-order valence-electron chi connectivity index (χ1n) is 13.7. The molecular formula is C31H36FN3O5S2. The van der Waals surface area contributed by atoms with E-state index in [-0.39, 0.29) is 59.0 Å². The minimum Gasteiger partial charge on any atom is -0.355 e. The minimum absolute atomic E-state index is 0.0483. The van der Waals surface area contributed by atoms with Gasteiger partial charge in [0.25, 0.3) is 10.0 Å². The number of thiol groups is 1. The predicted molar refractivity (Wildman–Crippen MR) is 164 cm³/mol. The lowest BCUT2D eigenvalue weighted by Gasteiger charge is -2.23. The fraction of sp³-hybridized carbons (Fsp3) is 0.323. The van der Waals surface area contributed by atoms with Crippen molar-refractivity contribution in [3.8, 4) is 11.1 Å². The molecule has 3 aromatic rings. The fourth-order valence-electron chi connectivity index (χ4n) is 4.41. The highest BCUT2D eigenvalue weighted by molar-refractivity contribution is 7.90. The maximum Gasteiger partial charge on any atom is 0.264 e. The van der Waals surface area contributed by atoms with Gasteiger partial charge in [0.05, 0.1) is 4.90 Å². The first-order chi connectivity index (χ1) is 20.0. The second-order valence-corrected chi connectivity index (χ2v) is 12.3. The van der Waals surface area contributed by atoms with E-state index in [1.54, 1.807) is 12.1 Å². The quantitative estimate of drug-likeness (QED) is 0.232. The van der Waals surface area contributed by atoms with E-state index in [1.165, 1.54) is 35.2 Å². The molecule has 3 amide bonds. The van der Waals surface area contributed by atoms with E-state index in [1.807, 2.05) is 42.0 Å². The summed E-state index contributed by atoms with van der Waals surface area (Å²) in [5.74, 6) is -1.80. The zero-order valence-corrected chi connectivity index (χ0v) is 25.4. The molecule has 0 fully saturated rings. The molecule has 0 aromatic heterocycles. The van der Waals surface area contributed by atoms with Gasteiger partial charge in [-0.25, -0.2) is 17.5 Å². The lowest BCUT2D eigenvalue weighted by atomic mass is 10.0. The van der Waals surface area contributed by atoms with Gasteiger partial charge in [-0.3, -0.25) is 14.4 Å². The number of rotatable bonds is 14. The van der Waals surface area contributed by atoms with Gasteiger partial charge < -0.3 is 10.2 Å². The number of nitrogens with zero attached hydrogens (tertiary/aromatic N) is 1. The van der Waals surface area contributed by atoms with Crippen molar-refractivity contribution in [1.29, 1.82) is 0 Å². The number of nitrogens with one attached hydrogen (secondary N) is 2. The van der Waals surface area contributed by atoms with E-state index in [0.29, 0.717) is 24.9 Å². The summed E-state index contributed by atoms with van der Waals surface area (Å²) in [7, 11) is -4.16. The van der Waals surface area contributed by atoms with Crippen molar-refractivity contribution in [2.45, 2.75) is 56.2 Å². The van der Waals surface area contributed by atoms with Gasteiger partial charge in [-0.2, -0.15) is 12.6 Å². The fourth-order valence-corrected chi connectivity index (χ4v) is 5.93. The number of carbonyl (C=O) groups is 3. The molecule has 11 heteroatoms. The summed E-state index contributed by atoms with van der Waals surface area (Å²) < 4.78 is 42.6. The number of hydrogen-bond donors (Lipinski definition) is 3. The van der Waals surface area contributed by atoms with Gasteiger partial charge >= 0.3 is 0 Å². The molecule has 0 saturated heterocycles. The molecule has 0 aliphatic heterocycles. The van der Waals surface area contributed by atoms with Crippen molar-refractivity contribution in [1.82, 2.24) is 14.9 Å². The van der Waals surface area contributed by atoms with Crippen molar-refractivity contribution >= 4 is 40.4 Å². The average molecular weight is 614 g/mol. The number of amides is 3. The van der Waals surface area contributed by atoms with E-state index in [0.717, 1.165) is 12.5 Å². The van der Waals surface area contributed by atoms with Crippen molar-refractivity contribution in [2.75, 3.05) is 13.1 Å². The molecule has 42 heavy (non-hydrogen) atoms. The van der Waals surface area contributed by atoms with Gasteiger partial charge in [0.15, 0.2) is 0 Å². The van der Waals surface area contributed by atoms with Crippen LogP contribution in [-0.4, -0.2) is 49.4 Å². The molecule has 0 unspecified atom stereocenters. The van der Waals surface area contributed by atoms with Crippen LogP contribution in [0, 0.1) is 5.82 Å². The van der Waals surface area contributed by atoms with Crippen LogP contribution < -0.4 is 10.0 Å². The molecule has 0 saturated carbocycles. The summed E-state index contributed by atoms with van der Waals surface area (Å²) in [6, 6.07) is 20.1. The van der Waals surface area contributed by atoms with Crippen LogP contribution in [-0.2, 0) is 37.4 Å². The van der Waals surface area contributed by atoms with Crippen molar-refractivity contribution in [3.05, 3.63) is 89.7 Å². The summed E-state index contributed by atoms with van der Waals surface area (Å²) >= 11 is 4.56. The van der Waals surface area contributed by atoms with Crippen molar-refractivity contribution in [2.24, 2.45) is 0 Å². The largest absolute Gasteiger partial charge is 0.355 e. The van der Waals surface area contributed by atoms with E-state index in [9.17, 15) is 22.8 Å². The van der Waals surface area contributed by atoms with Crippen LogP contribution in [0.1, 0.15) is 44.2 Å². The molecule has 0 spiro atoms. The predicted octanol–water partition coefficient (Wildman–Crippen LogP) is 4.49. The normalized spacial score (nSPS) is 11.9. The summed E-state index contributed by atoms with van der Waals surface area (Å²) in [4.78, 5) is 38.1. The Kier molecular flexibility index (Phi) is 12.1. The summed E-state index contributed by atoms with van der Waals surface area (Å²) in [5.41, 5.74) is 1.86. The van der Waals surface area contributed by atoms with Crippen molar-refractivity contribution in [3.63, 3.8) is 0 Å². The van der Waals surface area contributed by atoms with Crippen LogP contribution in [0.5, 0.6) is 0 Å². The average Bonchev–Trinajstić information content (AvgIpc) is 2.95. The smallest absolute Gasteiger partial charge is 0.264 e. The van der Waals surface area contributed by atoms with Gasteiger partial charge in [0, 0.05) is 55.8 Å². The highest BCUT2D eigenvalue weighted by atomic mass is 32.2. The van der Waals surface area contributed by atoms with Gasteiger partial charge in [0.2, 0.25) is 17.7 Å². The second kappa shape index (κ2) is 15.5. The Bertz CT molecular complexity index is 1500. The van der Waals surface area contributed by atoms with Gasteiger partial charge in [-0.15, -0.1) is 0 Å². The summed E-state index contributed by atoms with van der Waals surface area (Å²) in [6.07, 6.45) is 1.61. The molecule has 0 heterocycles. The van der Waals surface area contributed by atoms with Crippen LogP contribution in [0.4, 0.5) is 4.39 Å². The highest BCUT2D eigenvalue weighted by Crippen LogP contribution is 2.29. The van der Waals surface area contributed by atoms with Crippen molar-refractivity contribution < 1.29 is 27.2 Å². The molecular weight excluding hydrogens is 577 g/mol. The maximum absolute atomic E-state index is 15.3. The first kappa shape index (κ1) is 32.8. The third-order valence-corrected chi connectivity index (χ3v) is 8.31. The Morgan fingerprint density at radius 1 is 0.976 bits per heavy atom. The zero-order chi connectivity index (χ0) is 30.7. The topological polar surface area (TPSA) is 113 Å². The van der Waals surface area contributed by atoms with Gasteiger partial charge in [0.1, 0.15) is 5.82 Å². The molecule has 2 N–H and O–H groups in total. The van der Waals surface area contributed by atoms with E-state index in [2.05, 4.69) is 17.9 Å². The highest BCUT2D eigenvalue weighted by Gasteiger charge is 2.22. The number of sulfonamides is 1. The molecule has 224 valence electrons. The maximum atomic E-state index is 15.3. The van der Waals surface area contributed by atoms with Crippen LogP contribution in [0.25, 0.3) is 11.1 Å². The Morgan fingerprint density at radius 2 is 1.67 bits per heavy atom. The summed E-state index contributed by atoms with van der Waals surface area (Å²) in [5, 5.41) is 2.79. The second-order valence-electron chi connectivity index (χ2n) is 9.93. The third kappa shape index (κ3) is 9.70. The van der Waals surface area contributed by atoms with E-state index >= 15 is 4.39 Å². The molecule has 0 aliphatic carbocycles. The Labute approximate surface area is 252 Å². The Balaban J connectivity index is 1.68. The Morgan fingerprint density at radius 3 is 2.33 bits per heavy atom. The van der Waals surface area contributed by atoms with Gasteiger partial charge in [-0.05, 0) is 36.1 Å². The molecule has 8 nitrogen and oxygen atoms in total. The monoisotopic (exact) mass is 613 g/mol. The lowest BCUT2D eigenvalue weighted by Crippen LogP contribution is -2.36. The molecule has 0 bridgehead atoms. The number of halogens is 1. The number of carbonyl (C=O) groups excluding carboxylic acids is 3. The molecule has 1 atom stereocenters. The summed E-state index contributed by atoms with van der Waals surface area (Å²) in [6.45, 7) is 3.39. The number of benzene rings is 3. The van der Waals surface area contributed by atoms with Crippen LogP contribution in [0.3, 0.4) is 0 Å². The Hall–Kier alpha value is -3.70. The van der Waals surface area contributed by atoms with Crippen LogP contribution in [0.15, 0.2) is 77.7 Å².